The van der Waals surface area contributed by atoms with Gasteiger partial charge in [0.25, 0.3) is 0 Å². The minimum Gasteiger partial charge on any atom is -0.493 e. The van der Waals surface area contributed by atoms with Gasteiger partial charge in [0, 0.05) is 6.42 Å². The van der Waals surface area contributed by atoms with Crippen molar-refractivity contribution in [2.24, 2.45) is 0 Å². The molecule has 0 saturated heterocycles. The Labute approximate surface area is 163 Å². The highest BCUT2D eigenvalue weighted by atomic mass is 16.5. The minimum absolute atomic E-state index is 0.163. The van der Waals surface area contributed by atoms with Gasteiger partial charge in [-0.15, -0.1) is 0 Å². The van der Waals surface area contributed by atoms with E-state index in [9.17, 15) is 14.7 Å². The van der Waals surface area contributed by atoms with Gasteiger partial charge in [0.05, 0.1) is 39.7 Å². The first kappa shape index (κ1) is 19.5. The molecule has 2 aromatic carbocycles. The Morgan fingerprint density at radius 3 is 2.64 bits per heavy atom. The second-order valence-corrected chi connectivity index (χ2v) is 6.55. The van der Waals surface area contributed by atoms with Crippen LogP contribution in [0.25, 0.3) is 0 Å². The molecule has 0 saturated carbocycles. The zero-order chi connectivity index (χ0) is 20.1. The highest BCUT2D eigenvalue weighted by Gasteiger charge is 2.21. The average Bonchev–Trinajstić information content (AvgIpc) is 3.14. The monoisotopic (exact) mass is 385 g/mol. The van der Waals surface area contributed by atoms with Crippen LogP contribution in [0, 0.1) is 0 Å². The van der Waals surface area contributed by atoms with Crippen LogP contribution < -0.4 is 19.5 Å². The molecule has 3 rings (SSSR count). The number of amides is 1. The molecule has 0 aromatic heterocycles. The van der Waals surface area contributed by atoms with Crippen LogP contribution in [0.15, 0.2) is 36.4 Å². The van der Waals surface area contributed by atoms with Crippen LogP contribution >= 0.6 is 0 Å². The molecule has 0 unspecified atom stereocenters. The van der Waals surface area contributed by atoms with Gasteiger partial charge in [0.1, 0.15) is 5.75 Å². The van der Waals surface area contributed by atoms with Crippen LogP contribution in [-0.2, 0) is 22.4 Å². The molecule has 148 valence electrons. The Morgan fingerprint density at radius 2 is 1.93 bits per heavy atom. The molecule has 0 bridgehead atoms. The van der Waals surface area contributed by atoms with E-state index in [4.69, 9.17) is 14.2 Å². The number of carboxylic acids is 1. The summed E-state index contributed by atoms with van der Waals surface area (Å²) in [6, 6.07) is 10.1. The number of ether oxygens (including phenoxy) is 3. The van der Waals surface area contributed by atoms with E-state index in [2.05, 4.69) is 5.32 Å². The second kappa shape index (κ2) is 8.65. The lowest BCUT2D eigenvalue weighted by atomic mass is 10.0. The van der Waals surface area contributed by atoms with E-state index < -0.39 is 12.0 Å². The molecule has 0 aliphatic carbocycles. The van der Waals surface area contributed by atoms with E-state index in [1.807, 2.05) is 18.2 Å². The van der Waals surface area contributed by atoms with Crippen molar-refractivity contribution in [3.05, 3.63) is 53.1 Å². The molecule has 1 atom stereocenters. The van der Waals surface area contributed by atoms with Crippen molar-refractivity contribution in [3.8, 4) is 17.2 Å². The lowest BCUT2D eigenvalue weighted by molar-refractivity contribution is -0.137. The van der Waals surface area contributed by atoms with Crippen molar-refractivity contribution in [1.82, 2.24) is 5.32 Å². The molecular formula is C21H23NO6. The van der Waals surface area contributed by atoms with Crippen molar-refractivity contribution < 1.29 is 28.9 Å². The fourth-order valence-corrected chi connectivity index (χ4v) is 3.28. The van der Waals surface area contributed by atoms with Gasteiger partial charge in [-0.1, -0.05) is 18.2 Å². The summed E-state index contributed by atoms with van der Waals surface area (Å²) in [5.41, 5.74) is 2.59. The van der Waals surface area contributed by atoms with Gasteiger partial charge in [-0.2, -0.15) is 0 Å². The smallest absolute Gasteiger partial charge is 0.305 e. The minimum atomic E-state index is -1.00. The summed E-state index contributed by atoms with van der Waals surface area (Å²) in [5.74, 6) is 0.614. The molecule has 1 amide bonds. The van der Waals surface area contributed by atoms with Crippen LogP contribution in [0.5, 0.6) is 17.2 Å². The SMILES string of the molecule is COc1ccc([C@@H](CC(=O)O)NC(=O)Cc2ccc3c(c2)CCO3)cc1OC. The number of hydrogen-bond donors (Lipinski definition) is 2. The van der Waals surface area contributed by atoms with E-state index in [0.29, 0.717) is 23.7 Å². The van der Waals surface area contributed by atoms with Gasteiger partial charge < -0.3 is 24.6 Å². The summed E-state index contributed by atoms with van der Waals surface area (Å²) in [6.45, 7) is 0.658. The Balaban J connectivity index is 1.75. The Morgan fingerprint density at radius 1 is 1.14 bits per heavy atom. The summed E-state index contributed by atoms with van der Waals surface area (Å²) < 4.78 is 16.0. The van der Waals surface area contributed by atoms with E-state index in [-0.39, 0.29) is 18.7 Å². The van der Waals surface area contributed by atoms with E-state index in [1.54, 1.807) is 18.2 Å². The van der Waals surface area contributed by atoms with Crippen LogP contribution in [0.2, 0.25) is 0 Å². The van der Waals surface area contributed by atoms with Crippen molar-refractivity contribution in [1.29, 1.82) is 0 Å². The summed E-state index contributed by atoms with van der Waals surface area (Å²) in [7, 11) is 3.03. The molecule has 2 aromatic rings. The third-order valence-corrected chi connectivity index (χ3v) is 4.64. The maximum Gasteiger partial charge on any atom is 0.305 e. The highest BCUT2D eigenvalue weighted by molar-refractivity contribution is 5.80. The topological polar surface area (TPSA) is 94.1 Å². The number of methoxy groups -OCH3 is 2. The maximum atomic E-state index is 12.6. The van der Waals surface area contributed by atoms with Crippen LogP contribution in [0.3, 0.4) is 0 Å². The lowest BCUT2D eigenvalue weighted by Gasteiger charge is -2.19. The predicted octanol–water partition coefficient (Wildman–Crippen LogP) is 2.51. The Hall–Kier alpha value is -3.22. The number of carbonyl (C=O) groups excluding carboxylic acids is 1. The first-order chi connectivity index (χ1) is 13.5. The van der Waals surface area contributed by atoms with Gasteiger partial charge >= 0.3 is 5.97 Å². The number of benzene rings is 2. The van der Waals surface area contributed by atoms with Crippen LogP contribution in [-0.4, -0.2) is 37.8 Å². The molecule has 0 fully saturated rings. The first-order valence-electron chi connectivity index (χ1n) is 8.98. The average molecular weight is 385 g/mol. The summed E-state index contributed by atoms with van der Waals surface area (Å²) >= 11 is 0. The molecule has 28 heavy (non-hydrogen) atoms. The molecule has 7 nitrogen and oxygen atoms in total. The summed E-state index contributed by atoms with van der Waals surface area (Å²) in [5, 5.41) is 12.1. The van der Waals surface area contributed by atoms with Crippen molar-refractivity contribution in [2.45, 2.75) is 25.3 Å². The molecular weight excluding hydrogens is 362 g/mol. The van der Waals surface area contributed by atoms with Gasteiger partial charge in [-0.3, -0.25) is 9.59 Å². The van der Waals surface area contributed by atoms with Gasteiger partial charge in [0.15, 0.2) is 11.5 Å². The molecule has 1 aliphatic rings. The third-order valence-electron chi connectivity index (χ3n) is 4.64. The molecule has 1 aliphatic heterocycles. The van der Waals surface area contributed by atoms with Crippen LogP contribution in [0.4, 0.5) is 0 Å². The van der Waals surface area contributed by atoms with Gasteiger partial charge in [0.2, 0.25) is 5.91 Å². The van der Waals surface area contributed by atoms with Gasteiger partial charge in [-0.05, 0) is 34.9 Å². The first-order valence-corrected chi connectivity index (χ1v) is 8.98. The van der Waals surface area contributed by atoms with Gasteiger partial charge in [-0.25, -0.2) is 0 Å². The number of hydrogen-bond acceptors (Lipinski definition) is 5. The van der Waals surface area contributed by atoms with E-state index in [0.717, 1.165) is 23.3 Å². The number of carboxylic acid groups (broad SMARTS) is 1. The summed E-state index contributed by atoms with van der Waals surface area (Å²) in [4.78, 5) is 23.9. The number of rotatable bonds is 8. The van der Waals surface area contributed by atoms with Crippen molar-refractivity contribution in [3.63, 3.8) is 0 Å². The zero-order valence-corrected chi connectivity index (χ0v) is 15.9. The van der Waals surface area contributed by atoms with E-state index >= 15 is 0 Å². The summed E-state index contributed by atoms with van der Waals surface area (Å²) in [6.07, 6.45) is 0.758. The normalized spacial score (nSPS) is 13.2. The standard InChI is InChI=1S/C21H23NO6/c1-26-18-6-4-14(11-19(18)27-2)16(12-21(24)25)22-20(23)10-13-3-5-17-15(9-13)7-8-28-17/h3-6,9,11,16H,7-8,10,12H2,1-2H3,(H,22,23)(H,24,25)/t16-/m1/s1. The fraction of sp³-hybridized carbons (Fsp3) is 0.333. The zero-order valence-electron chi connectivity index (χ0n) is 15.9. The highest BCUT2D eigenvalue weighted by Crippen LogP contribution is 2.31. The number of aliphatic carboxylic acids is 1. The molecule has 0 spiro atoms. The number of nitrogens with one attached hydrogen (secondary N) is 1. The van der Waals surface area contributed by atoms with Crippen molar-refractivity contribution in [2.75, 3.05) is 20.8 Å². The fourth-order valence-electron chi connectivity index (χ4n) is 3.28. The van der Waals surface area contributed by atoms with Crippen LogP contribution in [0.1, 0.15) is 29.2 Å². The number of carbonyl (C=O) groups is 2. The second-order valence-electron chi connectivity index (χ2n) is 6.55. The molecule has 7 heteroatoms. The molecule has 1 heterocycles. The molecule has 0 radical (unpaired) electrons. The quantitative estimate of drug-likeness (QED) is 0.725. The van der Waals surface area contributed by atoms with Crippen molar-refractivity contribution >= 4 is 11.9 Å². The predicted molar refractivity (Wildman–Crippen MR) is 102 cm³/mol. The number of fused-ring (bicyclic) bond motifs is 1. The maximum absolute atomic E-state index is 12.6. The van der Waals surface area contributed by atoms with E-state index in [1.165, 1.54) is 14.2 Å². The Kier molecular flexibility index (Phi) is 6.03. The lowest BCUT2D eigenvalue weighted by Crippen LogP contribution is -2.31. The molecule has 2 N–H and O–H groups in total. The Bertz CT molecular complexity index is 879. The third kappa shape index (κ3) is 4.54. The largest absolute Gasteiger partial charge is 0.493 e.